The van der Waals surface area contributed by atoms with Gasteiger partial charge >= 0.3 is 5.97 Å². The van der Waals surface area contributed by atoms with Gasteiger partial charge in [0.05, 0.1) is 19.3 Å². The summed E-state index contributed by atoms with van der Waals surface area (Å²) in [6, 6.07) is 7.96. The number of carbonyl (C=O) groups excluding carboxylic acids is 2. The van der Waals surface area contributed by atoms with Crippen molar-refractivity contribution >= 4 is 17.6 Å². The van der Waals surface area contributed by atoms with Gasteiger partial charge in [-0.2, -0.15) is 0 Å². The van der Waals surface area contributed by atoms with Crippen LogP contribution in [0.15, 0.2) is 35.1 Å². The number of nitrogens with one attached hydrogen (secondary N) is 1. The van der Waals surface area contributed by atoms with Crippen LogP contribution in [-0.4, -0.2) is 36.6 Å². The number of nitrogens with zero attached hydrogens (tertiary/aromatic N) is 1. The van der Waals surface area contributed by atoms with Gasteiger partial charge in [0.15, 0.2) is 5.78 Å². The van der Waals surface area contributed by atoms with E-state index in [0.717, 1.165) is 0 Å². The molecular formula is C18H18N2O5. The normalized spacial score (nSPS) is 12.2. The third-order valence-electron chi connectivity index (χ3n) is 4.01. The van der Waals surface area contributed by atoms with Crippen molar-refractivity contribution in [2.24, 2.45) is 0 Å². The van der Waals surface area contributed by atoms with Gasteiger partial charge in [-0.15, -0.1) is 0 Å². The van der Waals surface area contributed by atoms with Gasteiger partial charge in [0, 0.05) is 18.7 Å². The van der Waals surface area contributed by atoms with Crippen LogP contribution < -0.4 is 15.6 Å². The lowest BCUT2D eigenvalue weighted by Crippen LogP contribution is -2.28. The molecule has 25 heavy (non-hydrogen) atoms. The molecular weight excluding hydrogens is 324 g/mol. The van der Waals surface area contributed by atoms with Gasteiger partial charge in [0.2, 0.25) is 0 Å². The fraction of sp³-hybridized carbons (Fsp3) is 0.278. The Morgan fingerprint density at radius 3 is 2.56 bits per heavy atom. The van der Waals surface area contributed by atoms with E-state index in [4.69, 9.17) is 9.47 Å². The highest BCUT2D eigenvalue weighted by molar-refractivity contribution is 6.13. The Labute approximate surface area is 144 Å². The number of anilines is 1. The van der Waals surface area contributed by atoms with Crippen molar-refractivity contribution in [3.8, 4) is 5.75 Å². The number of benzene rings is 1. The number of esters is 1. The largest absolute Gasteiger partial charge is 0.497 e. The highest BCUT2D eigenvalue weighted by Gasteiger charge is 2.26. The maximum Gasteiger partial charge on any atom is 0.343 e. The van der Waals surface area contributed by atoms with Crippen molar-refractivity contribution in [3.63, 3.8) is 0 Å². The molecule has 7 nitrogen and oxygen atoms in total. The number of aromatic nitrogens is 1. The van der Waals surface area contributed by atoms with Gasteiger partial charge in [-0.1, -0.05) is 0 Å². The molecule has 0 atom stereocenters. The van der Waals surface area contributed by atoms with Crippen molar-refractivity contribution in [1.82, 2.24) is 4.57 Å². The molecule has 0 saturated carbocycles. The minimum Gasteiger partial charge on any atom is -0.497 e. The molecule has 130 valence electrons. The van der Waals surface area contributed by atoms with Crippen LogP contribution in [0, 0.1) is 0 Å². The monoisotopic (exact) mass is 342 g/mol. The topological polar surface area (TPSA) is 86.6 Å². The molecule has 0 unspecified atom stereocenters. The number of carbonyl (C=O) groups is 2. The molecule has 0 amide bonds. The number of ether oxygens (including phenoxy) is 2. The highest BCUT2D eigenvalue weighted by atomic mass is 16.5. The molecule has 1 aliphatic rings. The summed E-state index contributed by atoms with van der Waals surface area (Å²) >= 11 is 0. The molecule has 2 aromatic rings. The molecule has 7 heteroatoms. The average molecular weight is 342 g/mol. The third kappa shape index (κ3) is 3.00. The van der Waals surface area contributed by atoms with Crippen molar-refractivity contribution in [1.29, 1.82) is 0 Å². The second-order valence-corrected chi connectivity index (χ2v) is 5.48. The second-order valence-electron chi connectivity index (χ2n) is 5.48. The Morgan fingerprint density at radius 2 is 1.92 bits per heavy atom. The zero-order valence-electron chi connectivity index (χ0n) is 14.0. The lowest BCUT2D eigenvalue weighted by Gasteiger charge is -2.12. The van der Waals surface area contributed by atoms with E-state index in [1.165, 1.54) is 10.6 Å². The van der Waals surface area contributed by atoms with Crippen LogP contribution in [0.2, 0.25) is 0 Å². The fourth-order valence-electron chi connectivity index (χ4n) is 2.78. The summed E-state index contributed by atoms with van der Waals surface area (Å²) in [7, 11) is 1.54. The van der Waals surface area contributed by atoms with Crippen LogP contribution in [-0.2, 0) is 11.3 Å². The van der Waals surface area contributed by atoms with Crippen LogP contribution >= 0.6 is 0 Å². The van der Waals surface area contributed by atoms with E-state index >= 15 is 0 Å². The van der Waals surface area contributed by atoms with Gasteiger partial charge in [0.1, 0.15) is 17.1 Å². The summed E-state index contributed by atoms with van der Waals surface area (Å²) in [6.45, 7) is 2.72. The summed E-state index contributed by atoms with van der Waals surface area (Å²) in [5.74, 6) is 0.0556. The third-order valence-corrected chi connectivity index (χ3v) is 4.01. The smallest absolute Gasteiger partial charge is 0.343 e. The van der Waals surface area contributed by atoms with Gasteiger partial charge in [0.25, 0.3) is 5.56 Å². The van der Waals surface area contributed by atoms with E-state index < -0.39 is 11.5 Å². The van der Waals surface area contributed by atoms with E-state index in [2.05, 4.69) is 5.32 Å². The van der Waals surface area contributed by atoms with Crippen LogP contribution in [0.3, 0.4) is 0 Å². The zero-order valence-corrected chi connectivity index (χ0v) is 14.0. The molecule has 0 bridgehead atoms. The Hall–Kier alpha value is -3.09. The number of fused-ring (bicyclic) bond motifs is 1. The number of hydrogen-bond acceptors (Lipinski definition) is 6. The summed E-state index contributed by atoms with van der Waals surface area (Å²) in [4.78, 5) is 37.4. The van der Waals surface area contributed by atoms with Gasteiger partial charge in [-0.05, 0) is 37.3 Å². The first-order valence-corrected chi connectivity index (χ1v) is 7.94. The van der Waals surface area contributed by atoms with Gasteiger partial charge in [-0.25, -0.2) is 4.79 Å². The van der Waals surface area contributed by atoms with Gasteiger partial charge < -0.3 is 14.8 Å². The fourth-order valence-corrected chi connectivity index (χ4v) is 2.78. The van der Waals surface area contributed by atoms with E-state index in [1.54, 1.807) is 38.3 Å². The van der Waals surface area contributed by atoms with Crippen LogP contribution in [0.4, 0.5) is 5.82 Å². The lowest BCUT2D eigenvalue weighted by atomic mass is 10.0. The lowest BCUT2D eigenvalue weighted by molar-refractivity contribution is 0.0523. The van der Waals surface area contributed by atoms with Crippen LogP contribution in [0.25, 0.3) is 0 Å². The van der Waals surface area contributed by atoms with Crippen LogP contribution in [0.5, 0.6) is 5.75 Å². The molecule has 2 heterocycles. The molecule has 0 spiro atoms. The predicted octanol–water partition coefficient (Wildman–Crippen LogP) is 1.69. The number of methoxy groups -OCH3 is 1. The first kappa shape index (κ1) is 16.8. The Balaban J connectivity index is 2.10. The number of ketones is 1. The maximum atomic E-state index is 12.9. The van der Waals surface area contributed by atoms with E-state index in [1.807, 2.05) is 0 Å². The van der Waals surface area contributed by atoms with E-state index in [0.29, 0.717) is 30.2 Å². The molecule has 0 saturated heterocycles. The molecule has 0 fully saturated rings. The quantitative estimate of drug-likeness (QED) is 0.657. The molecule has 0 aliphatic carbocycles. The summed E-state index contributed by atoms with van der Waals surface area (Å²) in [6.07, 6.45) is 0. The van der Waals surface area contributed by atoms with Crippen molar-refractivity contribution in [3.05, 3.63) is 57.4 Å². The highest BCUT2D eigenvalue weighted by Crippen LogP contribution is 2.23. The molecule has 3 rings (SSSR count). The van der Waals surface area contributed by atoms with Crippen LogP contribution in [0.1, 0.15) is 33.2 Å². The Morgan fingerprint density at radius 1 is 1.20 bits per heavy atom. The second kappa shape index (κ2) is 6.80. The summed E-state index contributed by atoms with van der Waals surface area (Å²) in [5.41, 5.74) is 0.118. The number of pyridine rings is 1. The van der Waals surface area contributed by atoms with Crippen molar-refractivity contribution in [2.45, 2.75) is 13.5 Å². The number of hydrogen-bond donors (Lipinski definition) is 1. The molecule has 1 aromatic heterocycles. The first-order chi connectivity index (χ1) is 12.1. The summed E-state index contributed by atoms with van der Waals surface area (Å²) < 4.78 is 11.4. The first-order valence-electron chi connectivity index (χ1n) is 7.94. The molecule has 1 N–H and O–H groups in total. The molecule has 1 aliphatic heterocycles. The van der Waals surface area contributed by atoms with E-state index in [-0.39, 0.29) is 23.5 Å². The van der Waals surface area contributed by atoms with E-state index in [9.17, 15) is 14.4 Å². The molecule has 0 radical (unpaired) electrons. The minimum absolute atomic E-state index is 0.133. The maximum absolute atomic E-state index is 12.9. The average Bonchev–Trinajstić information content (AvgIpc) is 3.12. The predicted molar refractivity (Wildman–Crippen MR) is 91.6 cm³/mol. The van der Waals surface area contributed by atoms with Crippen molar-refractivity contribution < 1.29 is 19.1 Å². The Kier molecular flexibility index (Phi) is 4.56. The molecule has 1 aromatic carbocycles. The zero-order chi connectivity index (χ0) is 18.0. The van der Waals surface area contributed by atoms with Gasteiger partial charge in [-0.3, -0.25) is 14.2 Å². The SMILES string of the molecule is CCOC(=O)c1cc(C(=O)c2ccc(OC)cc2)c2n(c1=O)CCN2. The Bertz CT molecular complexity index is 884. The number of rotatable bonds is 5. The minimum atomic E-state index is -0.724. The standard InChI is InChI=1S/C18H18N2O5/c1-3-25-18(23)14-10-13(16-19-8-9-20(16)17(14)22)15(21)11-4-6-12(24-2)7-5-11/h4-7,10,19H,3,8-9H2,1-2H3. The van der Waals surface area contributed by atoms with Crippen molar-refractivity contribution in [2.75, 3.05) is 25.6 Å². The summed E-state index contributed by atoms with van der Waals surface area (Å²) in [5, 5.41) is 3.05.